The van der Waals surface area contributed by atoms with Crippen LogP contribution in [0.4, 0.5) is 11.6 Å². The molecule has 1 aliphatic heterocycles. The Kier molecular flexibility index (Phi) is 3.53. The van der Waals surface area contributed by atoms with Gasteiger partial charge in [0.25, 0.3) is 0 Å². The largest absolute Gasteiger partial charge is 0.370 e. The molecule has 0 aliphatic carbocycles. The molecule has 0 radical (unpaired) electrons. The number of nitrogens with one attached hydrogen (secondary N) is 2. The molecule has 2 N–H and O–H groups in total. The van der Waals surface area contributed by atoms with Gasteiger partial charge in [0.2, 0.25) is 0 Å². The van der Waals surface area contributed by atoms with Gasteiger partial charge in [-0.3, -0.25) is 5.10 Å². The number of nitrogens with zero attached hydrogens (tertiary/aromatic N) is 5. The molecular weight excluding hydrogens is 290 g/mol. The highest BCUT2D eigenvalue weighted by atomic mass is 15.2. The van der Waals surface area contributed by atoms with E-state index in [1.165, 1.54) is 5.56 Å². The van der Waals surface area contributed by atoms with Gasteiger partial charge in [0.05, 0.1) is 11.6 Å². The van der Waals surface area contributed by atoms with Crippen molar-refractivity contribution in [3.63, 3.8) is 0 Å². The highest BCUT2D eigenvalue weighted by Crippen LogP contribution is 2.27. The monoisotopic (exact) mass is 309 g/mol. The molecule has 118 valence electrons. The minimum atomic E-state index is 0.578. The van der Waals surface area contributed by atoms with E-state index in [-0.39, 0.29) is 0 Å². The zero-order valence-electron chi connectivity index (χ0n) is 13.0. The first kappa shape index (κ1) is 13.9. The summed E-state index contributed by atoms with van der Waals surface area (Å²) in [6.07, 6.45) is 6.38. The van der Waals surface area contributed by atoms with Crippen LogP contribution in [0.5, 0.6) is 0 Å². The van der Waals surface area contributed by atoms with Gasteiger partial charge in [-0.25, -0.2) is 15.0 Å². The fourth-order valence-electron chi connectivity index (χ4n) is 3.08. The number of pyridine rings is 1. The highest BCUT2D eigenvalue weighted by molar-refractivity contribution is 5.86. The molecule has 0 amide bonds. The van der Waals surface area contributed by atoms with Gasteiger partial charge < -0.3 is 10.2 Å². The molecule has 7 nitrogen and oxygen atoms in total. The Labute approximate surface area is 134 Å². The third-order valence-corrected chi connectivity index (χ3v) is 4.30. The van der Waals surface area contributed by atoms with Crippen LogP contribution in [0.1, 0.15) is 12.0 Å². The first-order valence-electron chi connectivity index (χ1n) is 7.85. The number of anilines is 2. The van der Waals surface area contributed by atoms with E-state index in [4.69, 9.17) is 0 Å². The number of hydrogen-bond donors (Lipinski definition) is 2. The molecule has 1 fully saturated rings. The Hall–Kier alpha value is -2.70. The summed E-state index contributed by atoms with van der Waals surface area (Å²) in [5.74, 6) is 2.50. The molecule has 4 heterocycles. The summed E-state index contributed by atoms with van der Waals surface area (Å²) in [5.41, 5.74) is 2.01. The van der Waals surface area contributed by atoms with Crippen molar-refractivity contribution in [3.8, 4) is 0 Å². The van der Waals surface area contributed by atoms with Gasteiger partial charge in [-0.05, 0) is 37.0 Å². The highest BCUT2D eigenvalue weighted by Gasteiger charge is 2.25. The van der Waals surface area contributed by atoms with E-state index >= 15 is 0 Å². The second-order valence-electron chi connectivity index (χ2n) is 6.03. The Morgan fingerprint density at radius 1 is 1.35 bits per heavy atom. The van der Waals surface area contributed by atoms with Crippen LogP contribution < -0.4 is 10.2 Å². The summed E-state index contributed by atoms with van der Waals surface area (Å²) in [4.78, 5) is 15.3. The van der Waals surface area contributed by atoms with Crippen molar-refractivity contribution in [2.24, 2.45) is 5.92 Å². The van der Waals surface area contributed by atoms with Crippen LogP contribution in [-0.4, -0.2) is 44.8 Å². The van der Waals surface area contributed by atoms with E-state index in [0.717, 1.165) is 48.7 Å². The Morgan fingerprint density at radius 2 is 2.30 bits per heavy atom. The third kappa shape index (κ3) is 2.81. The van der Waals surface area contributed by atoms with Crippen LogP contribution >= 0.6 is 0 Å². The molecule has 0 saturated carbocycles. The van der Waals surface area contributed by atoms with Crippen molar-refractivity contribution in [1.82, 2.24) is 25.1 Å². The molecule has 0 aromatic carbocycles. The standard InChI is InChI=1S/C16H19N7/c1-11-2-4-17-14(6-11)18-7-12-3-5-23(9-12)16-13-8-21-22-15(13)19-10-20-16/h2,4,6,8,10,12H,3,5,7,9H2,1H3,(H,17,18)(H,19,20,21,22). The summed E-state index contributed by atoms with van der Waals surface area (Å²) < 4.78 is 0. The quantitative estimate of drug-likeness (QED) is 0.767. The summed E-state index contributed by atoms with van der Waals surface area (Å²) in [6.45, 7) is 4.99. The lowest BCUT2D eigenvalue weighted by atomic mass is 10.1. The van der Waals surface area contributed by atoms with Crippen LogP contribution in [0.25, 0.3) is 11.0 Å². The number of H-pyrrole nitrogens is 1. The van der Waals surface area contributed by atoms with Crippen LogP contribution in [0.15, 0.2) is 30.9 Å². The van der Waals surface area contributed by atoms with Gasteiger partial charge in [0.1, 0.15) is 18.0 Å². The number of aromatic nitrogens is 5. The second kappa shape index (κ2) is 5.83. The summed E-state index contributed by atoms with van der Waals surface area (Å²) in [5, 5.41) is 11.4. The van der Waals surface area contributed by atoms with Gasteiger partial charge >= 0.3 is 0 Å². The van der Waals surface area contributed by atoms with Crippen molar-refractivity contribution >= 4 is 22.7 Å². The summed E-state index contributed by atoms with van der Waals surface area (Å²) in [6, 6.07) is 4.08. The molecule has 1 aliphatic rings. The average molecular weight is 309 g/mol. The summed E-state index contributed by atoms with van der Waals surface area (Å²) in [7, 11) is 0. The van der Waals surface area contributed by atoms with Crippen LogP contribution in [-0.2, 0) is 0 Å². The second-order valence-corrected chi connectivity index (χ2v) is 6.03. The minimum absolute atomic E-state index is 0.578. The van der Waals surface area contributed by atoms with E-state index in [9.17, 15) is 0 Å². The maximum Gasteiger partial charge on any atom is 0.160 e. The first-order chi connectivity index (χ1) is 11.3. The normalized spacial score (nSPS) is 17.8. The smallest absolute Gasteiger partial charge is 0.160 e. The lowest BCUT2D eigenvalue weighted by Crippen LogP contribution is -2.23. The van der Waals surface area contributed by atoms with Crippen LogP contribution in [0.3, 0.4) is 0 Å². The topological polar surface area (TPSA) is 82.6 Å². The lowest BCUT2D eigenvalue weighted by molar-refractivity contribution is 0.621. The van der Waals surface area contributed by atoms with Crippen molar-refractivity contribution in [2.45, 2.75) is 13.3 Å². The van der Waals surface area contributed by atoms with Crippen molar-refractivity contribution < 1.29 is 0 Å². The molecule has 1 saturated heterocycles. The molecule has 7 heteroatoms. The SMILES string of the molecule is Cc1ccnc(NCC2CCN(c3ncnc4[nH]ncc34)C2)c1. The Balaban J connectivity index is 1.42. The number of aryl methyl sites for hydroxylation is 1. The Bertz CT molecular complexity index is 813. The summed E-state index contributed by atoms with van der Waals surface area (Å²) >= 11 is 0. The zero-order chi connectivity index (χ0) is 15.6. The third-order valence-electron chi connectivity index (χ3n) is 4.30. The van der Waals surface area contributed by atoms with Crippen LogP contribution in [0.2, 0.25) is 0 Å². The zero-order valence-corrected chi connectivity index (χ0v) is 13.0. The maximum atomic E-state index is 4.45. The molecule has 3 aromatic heterocycles. The number of aromatic amines is 1. The number of rotatable bonds is 4. The van der Waals surface area contributed by atoms with Crippen molar-refractivity contribution in [1.29, 1.82) is 0 Å². The number of hydrogen-bond acceptors (Lipinski definition) is 6. The Morgan fingerprint density at radius 3 is 3.22 bits per heavy atom. The minimum Gasteiger partial charge on any atom is -0.370 e. The van der Waals surface area contributed by atoms with E-state index in [1.807, 2.05) is 12.3 Å². The molecule has 1 unspecified atom stereocenters. The maximum absolute atomic E-state index is 4.45. The molecule has 3 aromatic rings. The van der Waals surface area contributed by atoms with Gasteiger partial charge in [-0.2, -0.15) is 5.10 Å². The van der Waals surface area contributed by atoms with Crippen molar-refractivity contribution in [2.75, 3.05) is 29.9 Å². The van der Waals surface area contributed by atoms with Gasteiger partial charge in [0, 0.05) is 25.8 Å². The molecule has 4 rings (SSSR count). The van der Waals surface area contributed by atoms with Gasteiger partial charge in [-0.15, -0.1) is 0 Å². The van der Waals surface area contributed by atoms with E-state index in [2.05, 4.69) is 48.4 Å². The van der Waals surface area contributed by atoms with Crippen LogP contribution in [0, 0.1) is 12.8 Å². The predicted molar refractivity (Wildman–Crippen MR) is 89.5 cm³/mol. The van der Waals surface area contributed by atoms with Gasteiger partial charge in [-0.1, -0.05) is 0 Å². The number of fused-ring (bicyclic) bond motifs is 1. The van der Waals surface area contributed by atoms with E-state index < -0.39 is 0 Å². The first-order valence-corrected chi connectivity index (χ1v) is 7.85. The van der Waals surface area contributed by atoms with E-state index in [0.29, 0.717) is 5.92 Å². The molecular formula is C16H19N7. The van der Waals surface area contributed by atoms with Crippen molar-refractivity contribution in [3.05, 3.63) is 36.4 Å². The molecule has 1 atom stereocenters. The lowest BCUT2D eigenvalue weighted by Gasteiger charge is -2.18. The fourth-order valence-corrected chi connectivity index (χ4v) is 3.08. The van der Waals surface area contributed by atoms with E-state index in [1.54, 1.807) is 12.5 Å². The fraction of sp³-hybridized carbons (Fsp3) is 0.375. The molecule has 23 heavy (non-hydrogen) atoms. The van der Waals surface area contributed by atoms with Gasteiger partial charge in [0.15, 0.2) is 5.65 Å². The average Bonchev–Trinajstić information content (AvgIpc) is 3.22. The molecule has 0 spiro atoms. The predicted octanol–water partition coefficient (Wildman–Crippen LogP) is 1.99. The molecule has 0 bridgehead atoms.